The minimum absolute atomic E-state index is 0.115. The third-order valence-electron chi connectivity index (χ3n) is 3.49. The Morgan fingerprint density at radius 1 is 1.56 bits per heavy atom. The van der Waals surface area contributed by atoms with Crippen molar-refractivity contribution < 1.29 is 4.79 Å². The molecular formula is C12H21N5O. The number of rotatable bonds is 5. The van der Waals surface area contributed by atoms with Crippen molar-refractivity contribution in [3.63, 3.8) is 0 Å². The van der Waals surface area contributed by atoms with E-state index in [1.165, 1.54) is 6.20 Å². The van der Waals surface area contributed by atoms with E-state index in [0.29, 0.717) is 11.7 Å². The van der Waals surface area contributed by atoms with Crippen LogP contribution in [-0.2, 0) is 0 Å². The Kier molecular flexibility index (Phi) is 4.11. The summed E-state index contributed by atoms with van der Waals surface area (Å²) in [5.41, 5.74) is 10.9. The maximum absolute atomic E-state index is 11.3. The maximum atomic E-state index is 11.3. The Morgan fingerprint density at radius 3 is 2.61 bits per heavy atom. The van der Waals surface area contributed by atoms with Gasteiger partial charge in [-0.05, 0) is 19.3 Å². The van der Waals surface area contributed by atoms with Gasteiger partial charge in [0.2, 0.25) is 5.95 Å². The Morgan fingerprint density at radius 2 is 2.17 bits per heavy atom. The fourth-order valence-corrected chi connectivity index (χ4v) is 1.58. The second-order valence-electron chi connectivity index (χ2n) is 4.91. The first-order valence-electron chi connectivity index (χ1n) is 6.00. The SMILES string of the molecule is CCC(C)(Nc1nc(N)ncc1C(N)=O)C(C)C. The summed E-state index contributed by atoms with van der Waals surface area (Å²) in [6.45, 7) is 8.35. The largest absolute Gasteiger partial charge is 0.368 e. The summed E-state index contributed by atoms with van der Waals surface area (Å²) in [4.78, 5) is 19.2. The number of nitrogen functional groups attached to an aromatic ring is 1. The molecule has 0 saturated carbocycles. The van der Waals surface area contributed by atoms with Crippen molar-refractivity contribution in [2.75, 3.05) is 11.1 Å². The molecular weight excluding hydrogens is 230 g/mol. The minimum atomic E-state index is -0.570. The molecule has 0 aliphatic heterocycles. The molecule has 1 heterocycles. The molecule has 0 aliphatic carbocycles. The van der Waals surface area contributed by atoms with Crippen LogP contribution in [0.3, 0.4) is 0 Å². The molecule has 100 valence electrons. The predicted molar refractivity (Wildman–Crippen MR) is 72.1 cm³/mol. The lowest BCUT2D eigenvalue weighted by molar-refractivity contribution is 0.100. The van der Waals surface area contributed by atoms with Crippen LogP contribution in [0, 0.1) is 5.92 Å². The van der Waals surface area contributed by atoms with E-state index in [0.717, 1.165) is 6.42 Å². The summed E-state index contributed by atoms with van der Waals surface area (Å²) >= 11 is 0. The topological polar surface area (TPSA) is 107 Å². The number of nitrogens with one attached hydrogen (secondary N) is 1. The number of anilines is 2. The van der Waals surface area contributed by atoms with Crippen molar-refractivity contribution in [3.8, 4) is 0 Å². The third kappa shape index (κ3) is 2.88. The Hall–Kier alpha value is -1.85. The van der Waals surface area contributed by atoms with Gasteiger partial charge in [-0.3, -0.25) is 4.79 Å². The molecule has 1 unspecified atom stereocenters. The lowest BCUT2D eigenvalue weighted by Gasteiger charge is -2.34. The van der Waals surface area contributed by atoms with E-state index in [4.69, 9.17) is 11.5 Å². The number of carbonyl (C=O) groups excluding carboxylic acids is 1. The molecule has 0 bridgehead atoms. The molecule has 0 radical (unpaired) electrons. The fraction of sp³-hybridized carbons (Fsp3) is 0.583. The second-order valence-corrected chi connectivity index (χ2v) is 4.91. The average Bonchev–Trinajstić information content (AvgIpc) is 2.28. The predicted octanol–water partition coefficient (Wildman–Crippen LogP) is 1.39. The molecule has 0 aliphatic rings. The maximum Gasteiger partial charge on any atom is 0.254 e. The number of nitrogens with two attached hydrogens (primary N) is 2. The molecule has 1 atom stereocenters. The van der Waals surface area contributed by atoms with Crippen LogP contribution >= 0.6 is 0 Å². The van der Waals surface area contributed by atoms with Crippen LogP contribution < -0.4 is 16.8 Å². The van der Waals surface area contributed by atoms with Crippen LogP contribution in [0.25, 0.3) is 0 Å². The summed E-state index contributed by atoms with van der Waals surface area (Å²) in [5, 5.41) is 3.26. The average molecular weight is 251 g/mol. The fourth-order valence-electron chi connectivity index (χ4n) is 1.58. The van der Waals surface area contributed by atoms with Crippen molar-refractivity contribution in [2.45, 2.75) is 39.7 Å². The highest BCUT2D eigenvalue weighted by Crippen LogP contribution is 2.26. The van der Waals surface area contributed by atoms with E-state index >= 15 is 0 Å². The lowest BCUT2D eigenvalue weighted by Crippen LogP contribution is -2.40. The van der Waals surface area contributed by atoms with Crippen molar-refractivity contribution in [1.29, 1.82) is 0 Å². The van der Waals surface area contributed by atoms with Crippen molar-refractivity contribution in [2.24, 2.45) is 11.7 Å². The van der Waals surface area contributed by atoms with Gasteiger partial charge in [-0.2, -0.15) is 4.98 Å². The number of aromatic nitrogens is 2. The number of primary amides is 1. The van der Waals surface area contributed by atoms with Crippen LogP contribution in [0.1, 0.15) is 44.5 Å². The van der Waals surface area contributed by atoms with Gasteiger partial charge < -0.3 is 16.8 Å². The zero-order valence-corrected chi connectivity index (χ0v) is 11.3. The molecule has 1 aromatic heterocycles. The molecule has 18 heavy (non-hydrogen) atoms. The normalized spacial score (nSPS) is 14.3. The van der Waals surface area contributed by atoms with E-state index in [1.54, 1.807) is 0 Å². The second kappa shape index (κ2) is 5.20. The van der Waals surface area contributed by atoms with Crippen LogP contribution in [0.4, 0.5) is 11.8 Å². The standard InChI is InChI=1S/C12H21N5O/c1-5-12(4,7(2)3)17-10-8(9(13)18)6-15-11(14)16-10/h6-7H,5H2,1-4H3,(H2,13,18)(H3,14,15,16,17). The van der Waals surface area contributed by atoms with Gasteiger partial charge in [-0.25, -0.2) is 4.98 Å². The zero-order valence-electron chi connectivity index (χ0n) is 11.3. The Balaban J connectivity index is 3.16. The summed E-state index contributed by atoms with van der Waals surface area (Å²) in [5.74, 6) is 0.303. The van der Waals surface area contributed by atoms with Gasteiger partial charge in [0.15, 0.2) is 0 Å². The summed E-state index contributed by atoms with van der Waals surface area (Å²) in [7, 11) is 0. The number of nitrogens with zero attached hydrogens (tertiary/aromatic N) is 2. The van der Waals surface area contributed by atoms with Gasteiger partial charge in [0, 0.05) is 11.7 Å². The van der Waals surface area contributed by atoms with Gasteiger partial charge in [-0.15, -0.1) is 0 Å². The van der Waals surface area contributed by atoms with Crippen molar-refractivity contribution in [3.05, 3.63) is 11.8 Å². The molecule has 6 heteroatoms. The summed E-state index contributed by atoms with van der Waals surface area (Å²) < 4.78 is 0. The van der Waals surface area contributed by atoms with Gasteiger partial charge in [0.25, 0.3) is 5.91 Å². The van der Waals surface area contributed by atoms with E-state index in [9.17, 15) is 4.79 Å². The first-order chi connectivity index (χ1) is 8.30. The van der Waals surface area contributed by atoms with Crippen LogP contribution in [0.5, 0.6) is 0 Å². The number of hydrogen-bond donors (Lipinski definition) is 3. The molecule has 0 saturated heterocycles. The van der Waals surface area contributed by atoms with Crippen LogP contribution in [0.15, 0.2) is 6.20 Å². The van der Waals surface area contributed by atoms with Gasteiger partial charge in [0.05, 0.1) is 5.56 Å². The molecule has 0 aromatic carbocycles. The molecule has 0 fully saturated rings. The molecule has 1 amide bonds. The highest BCUT2D eigenvalue weighted by atomic mass is 16.1. The third-order valence-corrected chi connectivity index (χ3v) is 3.49. The highest BCUT2D eigenvalue weighted by Gasteiger charge is 2.28. The highest BCUT2D eigenvalue weighted by molar-refractivity contribution is 5.97. The number of hydrogen-bond acceptors (Lipinski definition) is 5. The zero-order chi connectivity index (χ0) is 13.9. The minimum Gasteiger partial charge on any atom is -0.368 e. The van der Waals surface area contributed by atoms with Gasteiger partial charge in [0.1, 0.15) is 5.82 Å². The van der Waals surface area contributed by atoms with E-state index in [1.807, 2.05) is 0 Å². The first kappa shape index (κ1) is 14.2. The lowest BCUT2D eigenvalue weighted by atomic mass is 9.86. The number of amides is 1. The van der Waals surface area contributed by atoms with E-state index < -0.39 is 5.91 Å². The number of carbonyl (C=O) groups is 1. The van der Waals surface area contributed by atoms with Crippen molar-refractivity contribution >= 4 is 17.7 Å². The quantitative estimate of drug-likeness (QED) is 0.733. The summed E-state index contributed by atoms with van der Waals surface area (Å²) in [6, 6.07) is 0. The first-order valence-corrected chi connectivity index (χ1v) is 6.00. The smallest absolute Gasteiger partial charge is 0.254 e. The van der Waals surface area contributed by atoms with Crippen LogP contribution in [-0.4, -0.2) is 21.4 Å². The molecule has 0 spiro atoms. The van der Waals surface area contributed by atoms with Gasteiger partial charge in [-0.1, -0.05) is 20.8 Å². The van der Waals surface area contributed by atoms with Crippen LogP contribution in [0.2, 0.25) is 0 Å². The van der Waals surface area contributed by atoms with E-state index in [-0.39, 0.29) is 17.1 Å². The Bertz CT molecular complexity index is 446. The molecule has 5 N–H and O–H groups in total. The molecule has 1 rings (SSSR count). The Labute approximate surface area is 107 Å². The van der Waals surface area contributed by atoms with Crippen molar-refractivity contribution in [1.82, 2.24) is 9.97 Å². The summed E-state index contributed by atoms with van der Waals surface area (Å²) in [6.07, 6.45) is 2.23. The van der Waals surface area contributed by atoms with Gasteiger partial charge >= 0.3 is 0 Å². The molecule has 6 nitrogen and oxygen atoms in total. The molecule has 1 aromatic rings. The van der Waals surface area contributed by atoms with E-state index in [2.05, 4.69) is 43.0 Å². The monoisotopic (exact) mass is 251 g/mol.